The first kappa shape index (κ1) is 17.2. The van der Waals surface area contributed by atoms with Crippen molar-refractivity contribution in [3.8, 4) is 6.01 Å². The summed E-state index contributed by atoms with van der Waals surface area (Å²) in [5, 5.41) is 3.59. The minimum absolute atomic E-state index is 0.171. The van der Waals surface area contributed by atoms with E-state index in [9.17, 15) is 9.59 Å². The maximum atomic E-state index is 12.7. The molecule has 0 aliphatic carbocycles. The van der Waals surface area contributed by atoms with Crippen molar-refractivity contribution in [2.24, 2.45) is 0 Å². The Hall–Kier alpha value is -2.67. The van der Waals surface area contributed by atoms with E-state index in [1.165, 1.54) is 11.7 Å². The van der Waals surface area contributed by atoms with E-state index in [-0.39, 0.29) is 23.6 Å². The zero-order valence-electron chi connectivity index (χ0n) is 14.3. The summed E-state index contributed by atoms with van der Waals surface area (Å²) in [6.07, 6.45) is 1.82. The first-order valence-electron chi connectivity index (χ1n) is 8.13. The number of ether oxygens (including phenoxy) is 2. The van der Waals surface area contributed by atoms with E-state index >= 15 is 0 Å². The SMILES string of the molecule is C=CCn1c(O[C@H]2CN[C@H](C(=O)OC)C2)nc2cc(C)ccc2c1=O. The predicted octanol–water partition coefficient (Wildman–Crippen LogP) is 1.17. The Kier molecular flexibility index (Phi) is 4.85. The van der Waals surface area contributed by atoms with Gasteiger partial charge in [-0.2, -0.15) is 4.98 Å². The number of allylic oxidation sites excluding steroid dienone is 1. The summed E-state index contributed by atoms with van der Waals surface area (Å²) >= 11 is 0. The number of methoxy groups -OCH3 is 1. The Morgan fingerprint density at radius 3 is 3.04 bits per heavy atom. The highest BCUT2D eigenvalue weighted by molar-refractivity contribution is 5.78. The van der Waals surface area contributed by atoms with Crippen LogP contribution in [0.2, 0.25) is 0 Å². The highest BCUT2D eigenvalue weighted by atomic mass is 16.5. The molecule has 2 aromatic rings. The van der Waals surface area contributed by atoms with E-state index in [0.29, 0.717) is 30.4 Å². The normalized spacial score (nSPS) is 19.8. The van der Waals surface area contributed by atoms with Crippen molar-refractivity contribution in [1.82, 2.24) is 14.9 Å². The van der Waals surface area contributed by atoms with Gasteiger partial charge in [-0.25, -0.2) is 0 Å². The molecule has 2 heterocycles. The van der Waals surface area contributed by atoms with Gasteiger partial charge in [0.05, 0.1) is 18.0 Å². The van der Waals surface area contributed by atoms with Crippen LogP contribution in [0.1, 0.15) is 12.0 Å². The molecule has 1 aromatic heterocycles. The van der Waals surface area contributed by atoms with E-state index in [0.717, 1.165) is 5.56 Å². The molecule has 0 spiro atoms. The Morgan fingerprint density at radius 1 is 1.52 bits per heavy atom. The molecule has 1 saturated heterocycles. The van der Waals surface area contributed by atoms with Crippen LogP contribution in [0.25, 0.3) is 10.9 Å². The first-order valence-corrected chi connectivity index (χ1v) is 8.13. The highest BCUT2D eigenvalue weighted by Gasteiger charge is 2.32. The number of fused-ring (bicyclic) bond motifs is 1. The molecule has 1 aliphatic heterocycles. The van der Waals surface area contributed by atoms with Crippen molar-refractivity contribution >= 4 is 16.9 Å². The van der Waals surface area contributed by atoms with Gasteiger partial charge in [0.1, 0.15) is 12.1 Å². The van der Waals surface area contributed by atoms with Gasteiger partial charge in [0.15, 0.2) is 0 Å². The van der Waals surface area contributed by atoms with E-state index in [2.05, 4.69) is 16.9 Å². The van der Waals surface area contributed by atoms with Gasteiger partial charge >= 0.3 is 5.97 Å². The number of aromatic nitrogens is 2. The lowest BCUT2D eigenvalue weighted by atomic mass is 10.2. The van der Waals surface area contributed by atoms with E-state index in [4.69, 9.17) is 9.47 Å². The fraction of sp³-hybridized carbons (Fsp3) is 0.389. The first-order chi connectivity index (χ1) is 12.0. The number of rotatable bonds is 5. The van der Waals surface area contributed by atoms with Crippen molar-refractivity contribution in [3.05, 3.63) is 46.8 Å². The summed E-state index contributed by atoms with van der Waals surface area (Å²) < 4.78 is 12.1. The molecule has 1 aliphatic rings. The van der Waals surface area contributed by atoms with Crippen LogP contribution in [0.4, 0.5) is 0 Å². The Labute approximate surface area is 145 Å². The van der Waals surface area contributed by atoms with Crippen molar-refractivity contribution < 1.29 is 14.3 Å². The van der Waals surface area contributed by atoms with Gasteiger partial charge in [0.2, 0.25) is 0 Å². The predicted molar refractivity (Wildman–Crippen MR) is 93.8 cm³/mol. The molecule has 132 valence electrons. The van der Waals surface area contributed by atoms with Crippen molar-refractivity contribution in [3.63, 3.8) is 0 Å². The Balaban J connectivity index is 1.94. The van der Waals surface area contributed by atoms with Gasteiger partial charge in [0.25, 0.3) is 11.6 Å². The lowest BCUT2D eigenvalue weighted by Crippen LogP contribution is -2.31. The van der Waals surface area contributed by atoms with Gasteiger partial charge in [-0.1, -0.05) is 12.1 Å². The number of carbonyl (C=O) groups excluding carboxylic acids is 1. The maximum absolute atomic E-state index is 12.7. The highest BCUT2D eigenvalue weighted by Crippen LogP contribution is 2.19. The fourth-order valence-electron chi connectivity index (χ4n) is 2.95. The topological polar surface area (TPSA) is 82.4 Å². The molecule has 7 nitrogen and oxygen atoms in total. The third-order valence-electron chi connectivity index (χ3n) is 4.24. The van der Waals surface area contributed by atoms with Gasteiger partial charge in [-0.15, -0.1) is 6.58 Å². The molecule has 0 unspecified atom stereocenters. The molecule has 0 saturated carbocycles. The molecule has 1 fully saturated rings. The number of aryl methyl sites for hydroxylation is 1. The lowest BCUT2D eigenvalue weighted by Gasteiger charge is -2.16. The minimum atomic E-state index is -0.405. The number of carbonyl (C=O) groups is 1. The van der Waals surface area contributed by atoms with Gasteiger partial charge in [-0.05, 0) is 24.6 Å². The standard InChI is InChI=1S/C18H21N3O4/c1-4-7-21-16(22)13-6-5-11(2)8-14(13)20-18(21)25-12-9-15(19-10-12)17(23)24-3/h4-6,8,12,15,19H,1,7,9-10H2,2-3H3/t12-,15+/m1/s1. The molecule has 0 amide bonds. The van der Waals surface area contributed by atoms with Crippen LogP contribution in [-0.2, 0) is 16.1 Å². The minimum Gasteiger partial charge on any atom is -0.468 e. The molecule has 0 bridgehead atoms. The molecule has 7 heteroatoms. The van der Waals surface area contributed by atoms with Crippen molar-refractivity contribution in [1.29, 1.82) is 0 Å². The Morgan fingerprint density at radius 2 is 2.32 bits per heavy atom. The largest absolute Gasteiger partial charge is 0.468 e. The van der Waals surface area contributed by atoms with Gasteiger partial charge in [0, 0.05) is 19.5 Å². The summed E-state index contributed by atoms with van der Waals surface area (Å²) in [5.74, 6) is -0.323. The second-order valence-electron chi connectivity index (χ2n) is 6.08. The van der Waals surface area contributed by atoms with Crippen molar-refractivity contribution in [2.75, 3.05) is 13.7 Å². The van der Waals surface area contributed by atoms with Crippen molar-refractivity contribution in [2.45, 2.75) is 32.0 Å². The van der Waals surface area contributed by atoms with Gasteiger partial charge < -0.3 is 14.8 Å². The molecular formula is C18H21N3O4. The van der Waals surface area contributed by atoms with E-state index < -0.39 is 6.04 Å². The zero-order chi connectivity index (χ0) is 18.0. The molecule has 25 heavy (non-hydrogen) atoms. The van der Waals surface area contributed by atoms with Crippen LogP contribution < -0.4 is 15.6 Å². The second-order valence-corrected chi connectivity index (χ2v) is 6.08. The van der Waals surface area contributed by atoms with E-state index in [1.807, 2.05) is 19.1 Å². The van der Waals surface area contributed by atoms with Gasteiger partial charge in [-0.3, -0.25) is 14.2 Å². The number of esters is 1. The quantitative estimate of drug-likeness (QED) is 0.648. The number of nitrogens with one attached hydrogen (secondary N) is 1. The third-order valence-corrected chi connectivity index (χ3v) is 4.24. The number of hydrogen-bond donors (Lipinski definition) is 1. The molecule has 1 N–H and O–H groups in total. The summed E-state index contributed by atoms with van der Waals surface area (Å²) in [4.78, 5) is 28.9. The van der Waals surface area contributed by atoms with Crippen LogP contribution in [0, 0.1) is 6.92 Å². The van der Waals surface area contributed by atoms with Crippen LogP contribution in [0.3, 0.4) is 0 Å². The summed E-state index contributed by atoms with van der Waals surface area (Å²) in [6, 6.07) is 5.34. The summed E-state index contributed by atoms with van der Waals surface area (Å²) in [6.45, 7) is 6.42. The number of benzene rings is 1. The van der Waals surface area contributed by atoms with E-state index in [1.54, 1.807) is 12.1 Å². The molecular weight excluding hydrogens is 322 g/mol. The number of hydrogen-bond acceptors (Lipinski definition) is 6. The van der Waals surface area contributed by atoms with Crippen LogP contribution >= 0.6 is 0 Å². The number of nitrogens with zero attached hydrogens (tertiary/aromatic N) is 2. The molecule has 0 radical (unpaired) electrons. The average Bonchev–Trinajstić information content (AvgIpc) is 3.06. The fourth-order valence-corrected chi connectivity index (χ4v) is 2.95. The summed E-state index contributed by atoms with van der Waals surface area (Å²) in [7, 11) is 1.35. The molecule has 2 atom stereocenters. The monoisotopic (exact) mass is 343 g/mol. The zero-order valence-corrected chi connectivity index (χ0v) is 14.3. The van der Waals surface area contributed by atoms with Crippen LogP contribution in [0.15, 0.2) is 35.6 Å². The smallest absolute Gasteiger partial charge is 0.323 e. The van der Waals surface area contributed by atoms with Crippen LogP contribution in [-0.4, -0.2) is 41.3 Å². The Bertz CT molecular complexity index is 874. The van der Waals surface area contributed by atoms with Crippen LogP contribution in [0.5, 0.6) is 6.01 Å². The molecule has 3 rings (SSSR count). The lowest BCUT2D eigenvalue weighted by molar-refractivity contribution is -0.142. The third kappa shape index (κ3) is 3.41. The average molecular weight is 343 g/mol. The second kappa shape index (κ2) is 7.06. The maximum Gasteiger partial charge on any atom is 0.323 e. The summed E-state index contributed by atoms with van der Waals surface area (Å²) in [5.41, 5.74) is 1.44. The molecule has 1 aromatic carbocycles.